The Balaban J connectivity index is 2.03. The molecular weight excluding hydrogens is 242 g/mol. The number of aliphatic hydroxyl groups excluding tert-OH is 1. The summed E-state index contributed by atoms with van der Waals surface area (Å²) >= 11 is 0. The van der Waals surface area contributed by atoms with E-state index in [1.165, 1.54) is 12.8 Å². The zero-order valence-electron chi connectivity index (χ0n) is 11.7. The number of aliphatic hydroxyl groups is 1. The van der Waals surface area contributed by atoms with E-state index in [9.17, 15) is 5.11 Å². The van der Waals surface area contributed by atoms with E-state index in [0.29, 0.717) is 17.5 Å². The van der Waals surface area contributed by atoms with Gasteiger partial charge in [0, 0.05) is 6.04 Å². The van der Waals surface area contributed by atoms with Crippen molar-refractivity contribution in [2.75, 3.05) is 20.8 Å². The first-order valence-electron chi connectivity index (χ1n) is 6.88. The van der Waals surface area contributed by atoms with Crippen LogP contribution in [-0.4, -0.2) is 31.9 Å². The monoisotopic (exact) mass is 265 g/mol. The summed E-state index contributed by atoms with van der Waals surface area (Å²) in [5, 5.41) is 13.8. The summed E-state index contributed by atoms with van der Waals surface area (Å²) in [7, 11) is 3.22. The van der Waals surface area contributed by atoms with Crippen LogP contribution in [0.3, 0.4) is 0 Å². The van der Waals surface area contributed by atoms with Crippen molar-refractivity contribution >= 4 is 0 Å². The van der Waals surface area contributed by atoms with E-state index in [0.717, 1.165) is 24.9 Å². The lowest BCUT2D eigenvalue weighted by Gasteiger charge is -2.26. The van der Waals surface area contributed by atoms with Crippen molar-refractivity contribution in [1.82, 2.24) is 5.32 Å². The fraction of sp³-hybridized carbons (Fsp3) is 0.600. The van der Waals surface area contributed by atoms with Gasteiger partial charge in [-0.05, 0) is 43.5 Å². The average molecular weight is 265 g/mol. The molecule has 2 unspecified atom stereocenters. The maximum atomic E-state index is 10.3. The number of rotatable bonds is 5. The van der Waals surface area contributed by atoms with Gasteiger partial charge in [-0.15, -0.1) is 0 Å². The molecule has 0 aliphatic carbocycles. The van der Waals surface area contributed by atoms with Crippen molar-refractivity contribution in [3.05, 3.63) is 23.8 Å². The minimum atomic E-state index is -0.463. The molecule has 2 rings (SSSR count). The molecule has 0 saturated carbocycles. The second-order valence-electron chi connectivity index (χ2n) is 5.01. The first-order chi connectivity index (χ1) is 9.24. The number of ether oxygens (including phenoxy) is 2. The molecule has 1 aliphatic rings. The van der Waals surface area contributed by atoms with Crippen LogP contribution in [0.25, 0.3) is 0 Å². The van der Waals surface area contributed by atoms with Crippen LogP contribution in [0, 0.1) is 0 Å². The summed E-state index contributed by atoms with van der Waals surface area (Å²) in [6, 6.07) is 6.00. The van der Waals surface area contributed by atoms with Crippen LogP contribution in [0.1, 0.15) is 37.4 Å². The summed E-state index contributed by atoms with van der Waals surface area (Å²) in [5.74, 6) is 1.35. The Bertz CT molecular complexity index is 402. The van der Waals surface area contributed by atoms with Crippen molar-refractivity contribution < 1.29 is 14.6 Å². The van der Waals surface area contributed by atoms with Gasteiger partial charge in [0.05, 0.1) is 20.3 Å². The molecule has 4 nitrogen and oxygen atoms in total. The van der Waals surface area contributed by atoms with Crippen LogP contribution in [0.5, 0.6) is 11.5 Å². The zero-order chi connectivity index (χ0) is 13.7. The van der Waals surface area contributed by atoms with Gasteiger partial charge in [-0.25, -0.2) is 0 Å². The fourth-order valence-electron chi connectivity index (χ4n) is 2.59. The molecular formula is C15H23NO3. The molecule has 1 fully saturated rings. The van der Waals surface area contributed by atoms with Gasteiger partial charge in [0.15, 0.2) is 11.5 Å². The highest BCUT2D eigenvalue weighted by Crippen LogP contribution is 2.31. The third-order valence-corrected chi connectivity index (χ3v) is 3.71. The largest absolute Gasteiger partial charge is 0.493 e. The smallest absolute Gasteiger partial charge is 0.161 e. The molecule has 0 aromatic heterocycles. The molecule has 1 aromatic carbocycles. The number of methoxy groups -OCH3 is 2. The van der Waals surface area contributed by atoms with Crippen LogP contribution in [0.2, 0.25) is 0 Å². The highest BCUT2D eigenvalue weighted by Gasteiger charge is 2.19. The summed E-state index contributed by atoms with van der Waals surface area (Å²) in [6.07, 6.45) is 3.91. The first-order valence-corrected chi connectivity index (χ1v) is 6.88. The van der Waals surface area contributed by atoms with Crippen molar-refractivity contribution in [1.29, 1.82) is 0 Å². The third-order valence-electron chi connectivity index (χ3n) is 3.71. The van der Waals surface area contributed by atoms with Gasteiger partial charge < -0.3 is 19.9 Å². The van der Waals surface area contributed by atoms with Crippen molar-refractivity contribution in [2.24, 2.45) is 0 Å². The molecule has 0 bridgehead atoms. The van der Waals surface area contributed by atoms with Crippen molar-refractivity contribution in [3.8, 4) is 11.5 Å². The predicted molar refractivity (Wildman–Crippen MR) is 74.8 cm³/mol. The van der Waals surface area contributed by atoms with Crippen LogP contribution in [0.15, 0.2) is 18.2 Å². The molecule has 4 heteroatoms. The standard InChI is InChI=1S/C15H23NO3/c1-18-14-7-6-11(9-15(14)19-2)13(17)10-12-5-3-4-8-16-12/h6-7,9,12-13,16-17H,3-5,8,10H2,1-2H3. The molecule has 19 heavy (non-hydrogen) atoms. The molecule has 2 atom stereocenters. The lowest BCUT2D eigenvalue weighted by molar-refractivity contribution is 0.144. The molecule has 0 amide bonds. The number of hydrogen-bond acceptors (Lipinski definition) is 4. The van der Waals surface area contributed by atoms with E-state index in [2.05, 4.69) is 5.32 Å². The molecule has 1 aromatic rings. The van der Waals surface area contributed by atoms with Gasteiger partial charge in [-0.3, -0.25) is 0 Å². The minimum absolute atomic E-state index is 0.414. The third kappa shape index (κ3) is 3.61. The Morgan fingerprint density at radius 1 is 1.26 bits per heavy atom. The highest BCUT2D eigenvalue weighted by molar-refractivity contribution is 5.43. The second kappa shape index (κ2) is 6.78. The van der Waals surface area contributed by atoms with E-state index < -0.39 is 6.10 Å². The summed E-state index contributed by atoms with van der Waals surface area (Å²) in [6.45, 7) is 1.06. The number of nitrogens with one attached hydrogen (secondary N) is 1. The van der Waals surface area contributed by atoms with Crippen LogP contribution >= 0.6 is 0 Å². The van der Waals surface area contributed by atoms with Crippen LogP contribution in [0.4, 0.5) is 0 Å². The Hall–Kier alpha value is -1.26. The fourth-order valence-corrected chi connectivity index (χ4v) is 2.59. The minimum Gasteiger partial charge on any atom is -0.493 e. The van der Waals surface area contributed by atoms with E-state index in [-0.39, 0.29) is 0 Å². The van der Waals surface area contributed by atoms with Gasteiger partial charge in [0.25, 0.3) is 0 Å². The summed E-state index contributed by atoms with van der Waals surface area (Å²) < 4.78 is 10.5. The normalized spacial score (nSPS) is 20.9. The highest BCUT2D eigenvalue weighted by atomic mass is 16.5. The Labute approximate surface area is 114 Å². The molecule has 0 spiro atoms. The topological polar surface area (TPSA) is 50.7 Å². The zero-order valence-corrected chi connectivity index (χ0v) is 11.7. The SMILES string of the molecule is COc1ccc(C(O)CC2CCCCN2)cc1OC. The molecule has 0 radical (unpaired) electrons. The summed E-state index contributed by atoms with van der Waals surface area (Å²) in [5.41, 5.74) is 0.880. The van der Waals surface area contributed by atoms with Gasteiger partial charge >= 0.3 is 0 Å². The van der Waals surface area contributed by atoms with Crippen molar-refractivity contribution in [3.63, 3.8) is 0 Å². The van der Waals surface area contributed by atoms with E-state index >= 15 is 0 Å². The van der Waals surface area contributed by atoms with E-state index in [1.54, 1.807) is 14.2 Å². The Kier molecular flexibility index (Phi) is 5.05. The first kappa shape index (κ1) is 14.2. The number of hydrogen-bond donors (Lipinski definition) is 2. The molecule has 1 heterocycles. The maximum absolute atomic E-state index is 10.3. The van der Waals surface area contributed by atoms with Gasteiger partial charge in [-0.2, -0.15) is 0 Å². The van der Waals surface area contributed by atoms with E-state index in [1.807, 2.05) is 18.2 Å². The lowest BCUT2D eigenvalue weighted by Crippen LogP contribution is -2.35. The predicted octanol–water partition coefficient (Wildman–Crippen LogP) is 2.27. The molecule has 1 saturated heterocycles. The quantitative estimate of drug-likeness (QED) is 0.857. The van der Waals surface area contributed by atoms with Gasteiger partial charge in [0.1, 0.15) is 0 Å². The van der Waals surface area contributed by atoms with Crippen molar-refractivity contribution in [2.45, 2.75) is 37.8 Å². The maximum Gasteiger partial charge on any atom is 0.161 e. The Morgan fingerprint density at radius 3 is 2.68 bits per heavy atom. The number of piperidine rings is 1. The van der Waals surface area contributed by atoms with E-state index in [4.69, 9.17) is 9.47 Å². The molecule has 1 aliphatic heterocycles. The Morgan fingerprint density at radius 2 is 2.05 bits per heavy atom. The second-order valence-corrected chi connectivity index (χ2v) is 5.01. The number of benzene rings is 1. The molecule has 106 valence electrons. The molecule has 2 N–H and O–H groups in total. The summed E-state index contributed by atoms with van der Waals surface area (Å²) in [4.78, 5) is 0. The van der Waals surface area contributed by atoms with Crippen LogP contribution < -0.4 is 14.8 Å². The van der Waals surface area contributed by atoms with Gasteiger partial charge in [0.2, 0.25) is 0 Å². The van der Waals surface area contributed by atoms with Gasteiger partial charge in [-0.1, -0.05) is 12.5 Å². The lowest BCUT2D eigenvalue weighted by atomic mass is 9.96. The average Bonchev–Trinajstić information content (AvgIpc) is 2.47. The van der Waals surface area contributed by atoms with Crippen LogP contribution in [-0.2, 0) is 0 Å².